The molecule has 1 saturated heterocycles. The van der Waals surface area contributed by atoms with E-state index < -0.39 is 7.12 Å². The van der Waals surface area contributed by atoms with Crippen LogP contribution in [0.4, 0.5) is 0 Å². The maximum absolute atomic E-state index is 12.4. The number of piperidine rings is 1. The van der Waals surface area contributed by atoms with Gasteiger partial charge in [0.25, 0.3) is 5.91 Å². The molecule has 1 fully saturated rings. The van der Waals surface area contributed by atoms with E-state index >= 15 is 0 Å². The lowest BCUT2D eigenvalue weighted by Crippen LogP contribution is -2.39. The summed E-state index contributed by atoms with van der Waals surface area (Å²) in [7, 11) is -1.57. The van der Waals surface area contributed by atoms with E-state index in [1.54, 1.807) is 6.07 Å². The third-order valence-electron chi connectivity index (χ3n) is 3.47. The Morgan fingerprint density at radius 2 is 2.21 bits per heavy atom. The minimum absolute atomic E-state index is 0.0875. The van der Waals surface area contributed by atoms with Gasteiger partial charge in [-0.25, -0.2) is 0 Å². The molecule has 2 N–H and O–H groups in total. The summed E-state index contributed by atoms with van der Waals surface area (Å²) in [6.07, 6.45) is 2.16. The van der Waals surface area contributed by atoms with E-state index in [9.17, 15) is 4.79 Å². The van der Waals surface area contributed by atoms with E-state index in [1.807, 2.05) is 4.90 Å². The van der Waals surface area contributed by atoms with Crippen molar-refractivity contribution in [3.05, 3.63) is 28.8 Å². The molecule has 1 aliphatic heterocycles. The molecule has 0 bridgehead atoms. The molecule has 0 saturated carbocycles. The Labute approximate surface area is 118 Å². The average Bonchev–Trinajstić information content (AvgIpc) is 2.37. The first kappa shape index (κ1) is 14.4. The standard InChI is InChI=1S/C13H17BClNO3/c1-9-3-2-6-16(8-9)13(17)11-5-4-10(14(18)19)7-12(11)15/h4-5,7,9,18-19H,2-3,6,8H2,1H3. The lowest BCUT2D eigenvalue weighted by molar-refractivity contribution is 0.0683. The second kappa shape index (κ2) is 5.95. The molecule has 1 heterocycles. The van der Waals surface area contributed by atoms with Gasteiger partial charge in [-0.2, -0.15) is 0 Å². The van der Waals surface area contributed by atoms with Crippen LogP contribution in [0.1, 0.15) is 30.1 Å². The zero-order valence-corrected chi connectivity index (χ0v) is 11.6. The molecular weight excluding hydrogens is 264 g/mol. The number of carbonyl (C=O) groups is 1. The highest BCUT2D eigenvalue weighted by molar-refractivity contribution is 6.59. The largest absolute Gasteiger partial charge is 0.488 e. The second-order valence-electron chi connectivity index (χ2n) is 5.11. The molecule has 0 aromatic heterocycles. The van der Waals surface area contributed by atoms with Gasteiger partial charge >= 0.3 is 7.12 Å². The van der Waals surface area contributed by atoms with Gasteiger partial charge in [-0.1, -0.05) is 24.6 Å². The van der Waals surface area contributed by atoms with E-state index in [1.165, 1.54) is 12.1 Å². The first-order valence-corrected chi connectivity index (χ1v) is 6.81. The molecule has 4 nitrogen and oxygen atoms in total. The Balaban J connectivity index is 2.19. The van der Waals surface area contributed by atoms with Gasteiger partial charge in [0.2, 0.25) is 0 Å². The lowest BCUT2D eigenvalue weighted by atomic mass is 9.80. The molecule has 0 spiro atoms. The van der Waals surface area contributed by atoms with Gasteiger partial charge < -0.3 is 14.9 Å². The Morgan fingerprint density at radius 1 is 1.47 bits per heavy atom. The number of rotatable bonds is 2. The van der Waals surface area contributed by atoms with Crippen molar-refractivity contribution in [2.24, 2.45) is 5.92 Å². The maximum Gasteiger partial charge on any atom is 0.488 e. The molecule has 6 heteroatoms. The highest BCUT2D eigenvalue weighted by Crippen LogP contribution is 2.21. The summed E-state index contributed by atoms with van der Waals surface area (Å²) in [6.45, 7) is 3.63. The number of nitrogens with zero attached hydrogens (tertiary/aromatic N) is 1. The molecule has 102 valence electrons. The van der Waals surface area contributed by atoms with Crippen LogP contribution in [-0.2, 0) is 0 Å². The first-order chi connectivity index (χ1) is 8.99. The van der Waals surface area contributed by atoms with Crippen molar-refractivity contribution in [3.63, 3.8) is 0 Å². The van der Waals surface area contributed by atoms with Crippen LogP contribution in [0.25, 0.3) is 0 Å². The minimum atomic E-state index is -1.57. The zero-order chi connectivity index (χ0) is 14.0. The van der Waals surface area contributed by atoms with Gasteiger partial charge in [0.1, 0.15) is 0 Å². The van der Waals surface area contributed by atoms with Crippen molar-refractivity contribution in [1.82, 2.24) is 4.90 Å². The normalized spacial score (nSPS) is 19.4. The summed E-state index contributed by atoms with van der Waals surface area (Å²) < 4.78 is 0. The van der Waals surface area contributed by atoms with Crippen LogP contribution in [0.2, 0.25) is 5.02 Å². The number of hydrogen-bond acceptors (Lipinski definition) is 3. The van der Waals surface area contributed by atoms with Crippen LogP contribution in [0.15, 0.2) is 18.2 Å². The van der Waals surface area contributed by atoms with Gasteiger partial charge in [0.05, 0.1) is 10.6 Å². The number of amides is 1. The second-order valence-corrected chi connectivity index (χ2v) is 5.52. The molecule has 1 aromatic rings. The third kappa shape index (κ3) is 3.29. The fourth-order valence-corrected chi connectivity index (χ4v) is 2.68. The molecule has 1 unspecified atom stereocenters. The minimum Gasteiger partial charge on any atom is -0.423 e. The lowest BCUT2D eigenvalue weighted by Gasteiger charge is -2.31. The van der Waals surface area contributed by atoms with E-state index in [2.05, 4.69) is 6.92 Å². The van der Waals surface area contributed by atoms with Crippen molar-refractivity contribution in [1.29, 1.82) is 0 Å². The number of carbonyl (C=O) groups excluding carboxylic acids is 1. The number of halogens is 1. The quantitative estimate of drug-likeness (QED) is 0.792. The summed E-state index contributed by atoms with van der Waals surface area (Å²) in [5, 5.41) is 18.4. The zero-order valence-electron chi connectivity index (χ0n) is 10.8. The molecule has 1 amide bonds. The van der Waals surface area contributed by atoms with E-state index in [4.69, 9.17) is 21.6 Å². The number of benzene rings is 1. The fourth-order valence-electron chi connectivity index (χ4n) is 2.41. The highest BCUT2D eigenvalue weighted by Gasteiger charge is 2.24. The fraction of sp³-hybridized carbons (Fsp3) is 0.462. The van der Waals surface area contributed by atoms with Crippen molar-refractivity contribution in [3.8, 4) is 0 Å². The summed E-state index contributed by atoms with van der Waals surface area (Å²) in [6, 6.07) is 4.49. The molecule has 1 aliphatic rings. The smallest absolute Gasteiger partial charge is 0.423 e. The Bertz CT molecular complexity index is 481. The van der Waals surface area contributed by atoms with Gasteiger partial charge in [-0.05, 0) is 36.4 Å². The molecule has 0 aliphatic carbocycles. The molecule has 2 rings (SSSR count). The summed E-state index contributed by atoms with van der Waals surface area (Å²) in [5.74, 6) is 0.422. The van der Waals surface area contributed by atoms with Crippen molar-refractivity contribution < 1.29 is 14.8 Å². The Kier molecular flexibility index (Phi) is 4.50. The SMILES string of the molecule is CC1CCCN(C(=O)c2ccc(B(O)O)cc2Cl)C1. The van der Waals surface area contributed by atoms with E-state index in [0.717, 1.165) is 25.9 Å². The van der Waals surface area contributed by atoms with E-state index in [0.29, 0.717) is 11.5 Å². The molecule has 1 atom stereocenters. The van der Waals surface area contributed by atoms with Gasteiger partial charge in [-0.3, -0.25) is 4.79 Å². The van der Waals surface area contributed by atoms with Crippen LogP contribution in [0.3, 0.4) is 0 Å². The van der Waals surface area contributed by atoms with Crippen molar-refractivity contribution in [2.45, 2.75) is 19.8 Å². The van der Waals surface area contributed by atoms with Crippen LogP contribution in [0, 0.1) is 5.92 Å². The van der Waals surface area contributed by atoms with Crippen molar-refractivity contribution in [2.75, 3.05) is 13.1 Å². The predicted molar refractivity (Wildman–Crippen MR) is 75.6 cm³/mol. The number of likely N-dealkylation sites (tertiary alicyclic amines) is 1. The van der Waals surface area contributed by atoms with Crippen LogP contribution < -0.4 is 5.46 Å². The molecule has 19 heavy (non-hydrogen) atoms. The Hall–Kier alpha value is -1.04. The van der Waals surface area contributed by atoms with Gasteiger partial charge in [0.15, 0.2) is 0 Å². The van der Waals surface area contributed by atoms with Crippen LogP contribution in [0.5, 0.6) is 0 Å². The molecule has 1 aromatic carbocycles. The van der Waals surface area contributed by atoms with E-state index in [-0.39, 0.29) is 16.4 Å². The summed E-state index contributed by atoms with van der Waals surface area (Å²) in [5.41, 5.74) is 0.703. The predicted octanol–water partition coefficient (Wildman–Crippen LogP) is 0.892. The molecule has 0 radical (unpaired) electrons. The van der Waals surface area contributed by atoms with Gasteiger partial charge in [-0.15, -0.1) is 0 Å². The monoisotopic (exact) mass is 281 g/mol. The molecular formula is C13H17BClNO3. The van der Waals surface area contributed by atoms with Crippen LogP contribution >= 0.6 is 11.6 Å². The topological polar surface area (TPSA) is 60.8 Å². The van der Waals surface area contributed by atoms with Crippen molar-refractivity contribution >= 4 is 30.1 Å². The highest BCUT2D eigenvalue weighted by atomic mass is 35.5. The summed E-state index contributed by atoms with van der Waals surface area (Å²) >= 11 is 6.05. The third-order valence-corrected chi connectivity index (χ3v) is 3.78. The van der Waals surface area contributed by atoms with Crippen LogP contribution in [-0.4, -0.2) is 41.1 Å². The van der Waals surface area contributed by atoms with Gasteiger partial charge in [0, 0.05) is 13.1 Å². The Morgan fingerprint density at radius 3 is 2.79 bits per heavy atom. The first-order valence-electron chi connectivity index (χ1n) is 6.44. The average molecular weight is 282 g/mol. The summed E-state index contributed by atoms with van der Waals surface area (Å²) in [4.78, 5) is 14.2. The number of hydrogen-bond donors (Lipinski definition) is 2. The maximum atomic E-state index is 12.4.